The molecule has 0 aliphatic carbocycles. The summed E-state index contributed by atoms with van der Waals surface area (Å²) in [4.78, 5) is 12.4. The molecule has 0 unspecified atom stereocenters. The Morgan fingerprint density at radius 1 is 1.29 bits per heavy atom. The average Bonchev–Trinajstić information content (AvgIpc) is 2.85. The number of benzene rings is 1. The Bertz CT molecular complexity index is 571. The summed E-state index contributed by atoms with van der Waals surface area (Å²) in [5.41, 5.74) is -3.81. The third-order valence-electron chi connectivity index (χ3n) is 4.11. The Kier molecular flexibility index (Phi) is 5.25. The zero-order valence-corrected chi connectivity index (χ0v) is 13.9. The molecular weight excluding hydrogens is 325 g/mol. The van der Waals surface area contributed by atoms with E-state index < -0.39 is 17.7 Å². The van der Waals surface area contributed by atoms with E-state index in [0.29, 0.717) is 13.0 Å². The van der Waals surface area contributed by atoms with Gasteiger partial charge >= 0.3 is 12.1 Å². The van der Waals surface area contributed by atoms with Crippen LogP contribution in [0.15, 0.2) is 30.3 Å². The molecule has 2 rings (SSSR count). The number of alkyl halides is 3. The van der Waals surface area contributed by atoms with Gasteiger partial charge in [-0.05, 0) is 20.3 Å². The fourth-order valence-corrected chi connectivity index (χ4v) is 2.95. The lowest BCUT2D eigenvalue weighted by Gasteiger charge is -2.32. The number of rotatable bonds is 5. The maximum absolute atomic E-state index is 13.7. The van der Waals surface area contributed by atoms with Crippen LogP contribution in [0.4, 0.5) is 13.2 Å². The van der Waals surface area contributed by atoms with Crippen molar-refractivity contribution >= 4 is 5.97 Å². The molecule has 0 bridgehead atoms. The zero-order valence-electron chi connectivity index (χ0n) is 13.9. The molecular formula is C17H21F3O4. The van der Waals surface area contributed by atoms with Gasteiger partial charge in [0.1, 0.15) is 0 Å². The summed E-state index contributed by atoms with van der Waals surface area (Å²) < 4.78 is 56.2. The van der Waals surface area contributed by atoms with E-state index in [0.717, 1.165) is 7.11 Å². The van der Waals surface area contributed by atoms with Crippen molar-refractivity contribution in [1.82, 2.24) is 0 Å². The smallest absolute Gasteiger partial charge is 0.432 e. The van der Waals surface area contributed by atoms with E-state index in [1.165, 1.54) is 24.3 Å². The molecule has 1 saturated heterocycles. The Morgan fingerprint density at radius 3 is 2.38 bits per heavy atom. The summed E-state index contributed by atoms with van der Waals surface area (Å²) in [5.74, 6) is -1.60. The van der Waals surface area contributed by atoms with Gasteiger partial charge in [-0.2, -0.15) is 13.2 Å². The van der Waals surface area contributed by atoms with Crippen molar-refractivity contribution in [2.24, 2.45) is 5.92 Å². The summed E-state index contributed by atoms with van der Waals surface area (Å²) in [6.45, 7) is 3.97. The zero-order chi connectivity index (χ0) is 18.0. The standard InChI is InChI=1S/C17H21F3O4/c1-15(2)9-12(11-24-15)10-23-14(21)16(22-3,17(18,19)20)13-7-5-4-6-8-13/h4-8,12H,9-11H2,1-3H3/t12-,16-/m0/s1. The minimum absolute atomic E-state index is 0.137. The topological polar surface area (TPSA) is 44.8 Å². The van der Waals surface area contributed by atoms with Crippen LogP contribution in [0.3, 0.4) is 0 Å². The molecule has 7 heteroatoms. The number of methoxy groups -OCH3 is 1. The van der Waals surface area contributed by atoms with Crippen LogP contribution in [-0.2, 0) is 24.6 Å². The lowest BCUT2D eigenvalue weighted by atomic mass is 9.92. The van der Waals surface area contributed by atoms with E-state index in [2.05, 4.69) is 4.74 Å². The number of carbonyl (C=O) groups is 1. The summed E-state index contributed by atoms with van der Waals surface area (Å²) in [5, 5.41) is 0. The average molecular weight is 346 g/mol. The number of ether oxygens (including phenoxy) is 3. The van der Waals surface area contributed by atoms with Crippen LogP contribution in [0, 0.1) is 5.92 Å². The molecule has 0 N–H and O–H groups in total. The molecule has 0 aromatic heterocycles. The lowest BCUT2D eigenvalue weighted by molar-refractivity contribution is -0.276. The fraction of sp³-hybridized carbons (Fsp3) is 0.588. The quantitative estimate of drug-likeness (QED) is 0.766. The highest BCUT2D eigenvalue weighted by molar-refractivity contribution is 5.82. The molecule has 1 aromatic carbocycles. The van der Waals surface area contributed by atoms with Gasteiger partial charge in [0.05, 0.1) is 18.8 Å². The van der Waals surface area contributed by atoms with Crippen molar-refractivity contribution in [1.29, 1.82) is 0 Å². The molecule has 0 saturated carbocycles. The van der Waals surface area contributed by atoms with Gasteiger partial charge < -0.3 is 14.2 Å². The van der Waals surface area contributed by atoms with Crippen molar-refractivity contribution in [3.05, 3.63) is 35.9 Å². The van der Waals surface area contributed by atoms with Crippen LogP contribution in [-0.4, -0.2) is 38.1 Å². The highest BCUT2D eigenvalue weighted by Crippen LogP contribution is 2.43. The van der Waals surface area contributed by atoms with E-state index in [1.54, 1.807) is 6.07 Å². The molecule has 1 fully saturated rings. The molecule has 24 heavy (non-hydrogen) atoms. The first-order valence-corrected chi connectivity index (χ1v) is 7.61. The molecule has 1 heterocycles. The SMILES string of the molecule is CO[C@](C(=O)OC[C@H]1COC(C)(C)C1)(c1ccccc1)C(F)(F)F. The lowest BCUT2D eigenvalue weighted by Crippen LogP contribution is -2.52. The first-order valence-electron chi connectivity index (χ1n) is 7.61. The highest BCUT2D eigenvalue weighted by Gasteiger charge is 2.64. The molecule has 0 amide bonds. The van der Waals surface area contributed by atoms with Crippen molar-refractivity contribution < 1.29 is 32.2 Å². The minimum Gasteiger partial charge on any atom is -0.463 e. The second-order valence-electron chi connectivity index (χ2n) is 6.49. The van der Waals surface area contributed by atoms with Crippen molar-refractivity contribution in [3.63, 3.8) is 0 Å². The van der Waals surface area contributed by atoms with Gasteiger partial charge in [0.15, 0.2) is 0 Å². The predicted molar refractivity (Wildman–Crippen MR) is 80.3 cm³/mol. The molecule has 134 valence electrons. The van der Waals surface area contributed by atoms with E-state index >= 15 is 0 Å². The van der Waals surface area contributed by atoms with Gasteiger partial charge in [-0.1, -0.05) is 30.3 Å². The summed E-state index contributed by atoms with van der Waals surface area (Å²) >= 11 is 0. The number of halogens is 3. The monoisotopic (exact) mass is 346 g/mol. The van der Waals surface area contributed by atoms with Crippen LogP contribution < -0.4 is 0 Å². The molecule has 2 atom stereocenters. The third kappa shape index (κ3) is 3.57. The normalized spacial score (nSPS) is 22.8. The van der Waals surface area contributed by atoms with Crippen LogP contribution in [0.25, 0.3) is 0 Å². The minimum atomic E-state index is -4.95. The largest absolute Gasteiger partial charge is 0.463 e. The van der Waals surface area contributed by atoms with Crippen LogP contribution in [0.5, 0.6) is 0 Å². The van der Waals surface area contributed by atoms with E-state index in [9.17, 15) is 18.0 Å². The van der Waals surface area contributed by atoms with E-state index in [4.69, 9.17) is 9.47 Å². The number of esters is 1. The molecule has 1 aromatic rings. The van der Waals surface area contributed by atoms with Crippen LogP contribution in [0.2, 0.25) is 0 Å². The summed E-state index contributed by atoms with van der Waals surface area (Å²) in [6, 6.07) is 6.77. The maximum atomic E-state index is 13.7. The molecule has 1 aliphatic heterocycles. The first-order chi connectivity index (χ1) is 11.1. The molecule has 1 aliphatic rings. The van der Waals surface area contributed by atoms with Gasteiger partial charge in [0.2, 0.25) is 0 Å². The van der Waals surface area contributed by atoms with Crippen molar-refractivity contribution in [2.75, 3.05) is 20.3 Å². The third-order valence-corrected chi connectivity index (χ3v) is 4.11. The Labute approximate surface area is 138 Å². The van der Waals surface area contributed by atoms with Crippen molar-refractivity contribution in [2.45, 2.75) is 37.6 Å². The van der Waals surface area contributed by atoms with Crippen LogP contribution >= 0.6 is 0 Å². The summed E-state index contributed by atoms with van der Waals surface area (Å²) in [6.07, 6.45) is -4.34. The van der Waals surface area contributed by atoms with E-state index in [1.807, 2.05) is 13.8 Å². The Balaban J connectivity index is 2.20. The molecule has 4 nitrogen and oxygen atoms in total. The van der Waals surface area contributed by atoms with E-state index in [-0.39, 0.29) is 23.7 Å². The number of hydrogen-bond donors (Lipinski definition) is 0. The Morgan fingerprint density at radius 2 is 1.92 bits per heavy atom. The van der Waals surface area contributed by atoms with Gasteiger partial charge in [0.25, 0.3) is 5.60 Å². The fourth-order valence-electron chi connectivity index (χ4n) is 2.95. The second kappa shape index (κ2) is 6.72. The number of carbonyl (C=O) groups excluding carboxylic acids is 1. The summed E-state index contributed by atoms with van der Waals surface area (Å²) in [7, 11) is 0.851. The van der Waals surface area contributed by atoms with Gasteiger partial charge in [0, 0.05) is 18.6 Å². The number of hydrogen-bond acceptors (Lipinski definition) is 4. The first kappa shape index (κ1) is 18.7. The highest BCUT2D eigenvalue weighted by atomic mass is 19.4. The van der Waals surface area contributed by atoms with Crippen molar-refractivity contribution in [3.8, 4) is 0 Å². The predicted octanol–water partition coefficient (Wildman–Crippen LogP) is 3.45. The molecule has 0 spiro atoms. The Hall–Kier alpha value is -1.60. The van der Waals surface area contributed by atoms with Gasteiger partial charge in [-0.3, -0.25) is 0 Å². The maximum Gasteiger partial charge on any atom is 0.432 e. The molecule has 0 radical (unpaired) electrons. The van der Waals surface area contributed by atoms with Gasteiger partial charge in [-0.25, -0.2) is 4.79 Å². The second-order valence-corrected chi connectivity index (χ2v) is 6.49. The van der Waals surface area contributed by atoms with Gasteiger partial charge in [-0.15, -0.1) is 0 Å². The van der Waals surface area contributed by atoms with Crippen LogP contribution in [0.1, 0.15) is 25.8 Å².